The highest BCUT2D eigenvalue weighted by Gasteiger charge is 1.97. The molecule has 2 aromatic rings. The van der Waals surface area contributed by atoms with Gasteiger partial charge in [-0.3, -0.25) is 0 Å². The Morgan fingerprint density at radius 1 is 1.08 bits per heavy atom. The number of fused-ring (bicyclic) bond motifs is 1. The van der Waals surface area contributed by atoms with Crippen LogP contribution in [0.4, 0.5) is 0 Å². The van der Waals surface area contributed by atoms with Crippen molar-refractivity contribution in [1.82, 2.24) is 4.98 Å². The van der Waals surface area contributed by atoms with Crippen molar-refractivity contribution in [3.05, 3.63) is 30.3 Å². The minimum atomic E-state index is 0.985. The fourth-order valence-corrected chi connectivity index (χ4v) is 2.13. The van der Waals surface area contributed by atoms with Crippen molar-refractivity contribution in [3.63, 3.8) is 0 Å². The molecule has 2 atom stereocenters. The molecule has 2 unspecified atom stereocenters. The number of aromatic nitrogens is 1. The summed E-state index contributed by atoms with van der Waals surface area (Å²) in [6.45, 7) is 0. The summed E-state index contributed by atoms with van der Waals surface area (Å²) < 4.78 is 0. The van der Waals surface area contributed by atoms with Gasteiger partial charge in [-0.2, -0.15) is 0 Å². The molecule has 0 fully saturated rings. The molecular weight excluding hydrogens is 184 g/mol. The van der Waals surface area contributed by atoms with Crippen LogP contribution in [0.2, 0.25) is 0 Å². The second kappa shape index (κ2) is 3.09. The Balaban J connectivity index is 2.89. The lowest BCUT2D eigenvalue weighted by Crippen LogP contribution is -2.09. The number of nitrogens with zero attached hydrogens (tertiary/aromatic N) is 1. The number of hydrogen-bond acceptors (Lipinski definition) is 1. The summed E-state index contributed by atoms with van der Waals surface area (Å²) in [5, 5.41) is 2.44. The van der Waals surface area contributed by atoms with Gasteiger partial charge in [0.05, 0.1) is 10.9 Å². The van der Waals surface area contributed by atoms with Crippen LogP contribution in [0.25, 0.3) is 10.8 Å². The van der Waals surface area contributed by atoms with Gasteiger partial charge >= 0.3 is 0 Å². The molecule has 1 heterocycles. The second-order valence-electron chi connectivity index (χ2n) is 2.65. The van der Waals surface area contributed by atoms with Gasteiger partial charge in [0, 0.05) is 5.39 Å². The largest absolute Gasteiger partial charge is 0.249 e. The first-order valence-corrected chi connectivity index (χ1v) is 4.83. The van der Waals surface area contributed by atoms with E-state index in [9.17, 15) is 0 Å². The van der Waals surface area contributed by atoms with Gasteiger partial charge in [0.2, 0.25) is 0 Å². The summed E-state index contributed by atoms with van der Waals surface area (Å²) in [7, 11) is 5.27. The van der Waals surface area contributed by atoms with Crippen molar-refractivity contribution >= 4 is 40.1 Å². The average Bonchev–Trinajstić information content (AvgIpc) is 2.04. The molecule has 12 heavy (non-hydrogen) atoms. The molecule has 0 saturated heterocycles. The van der Waals surface area contributed by atoms with Crippen LogP contribution in [0.3, 0.4) is 0 Å². The molecule has 0 aliphatic heterocycles. The summed E-state index contributed by atoms with van der Waals surface area (Å²) in [6.07, 6.45) is 0. The van der Waals surface area contributed by atoms with Crippen molar-refractivity contribution in [2.24, 2.45) is 0 Å². The summed E-state index contributed by atoms with van der Waals surface area (Å²) >= 11 is 0. The zero-order valence-electron chi connectivity index (χ0n) is 6.49. The molecule has 0 spiro atoms. The zero-order valence-corrected chi connectivity index (χ0v) is 8.80. The van der Waals surface area contributed by atoms with Gasteiger partial charge in [-0.1, -0.05) is 42.7 Å². The van der Waals surface area contributed by atoms with Gasteiger partial charge in [-0.05, 0) is 11.5 Å². The molecular formula is C9H9NP2. The molecule has 0 radical (unpaired) electrons. The van der Waals surface area contributed by atoms with E-state index in [2.05, 4.69) is 41.7 Å². The maximum Gasteiger partial charge on any atom is 0.0654 e. The molecule has 2 rings (SSSR count). The third kappa shape index (κ3) is 1.35. The highest BCUT2D eigenvalue weighted by atomic mass is 31.0. The SMILES string of the molecule is Pc1cc2ccccc2c(P)n1. The molecule has 1 aromatic heterocycles. The predicted molar refractivity (Wildman–Crippen MR) is 60.4 cm³/mol. The van der Waals surface area contributed by atoms with Crippen LogP contribution in [0.15, 0.2) is 30.3 Å². The summed E-state index contributed by atoms with van der Waals surface area (Å²) in [4.78, 5) is 4.33. The van der Waals surface area contributed by atoms with E-state index in [0.717, 1.165) is 10.9 Å². The Labute approximate surface area is 76.0 Å². The van der Waals surface area contributed by atoms with Crippen LogP contribution >= 0.6 is 18.5 Å². The zero-order chi connectivity index (χ0) is 8.55. The van der Waals surface area contributed by atoms with Crippen LogP contribution in [-0.4, -0.2) is 4.98 Å². The minimum Gasteiger partial charge on any atom is -0.249 e. The summed E-state index contributed by atoms with van der Waals surface area (Å²) in [5.74, 6) is 0. The van der Waals surface area contributed by atoms with Crippen LogP contribution in [0.5, 0.6) is 0 Å². The molecule has 0 amide bonds. The quantitative estimate of drug-likeness (QED) is 0.573. The minimum absolute atomic E-state index is 0.985. The summed E-state index contributed by atoms with van der Waals surface area (Å²) in [5.41, 5.74) is 2.00. The fourth-order valence-electron chi connectivity index (χ4n) is 1.25. The Hall–Kier alpha value is -0.510. The topological polar surface area (TPSA) is 12.9 Å². The first-order valence-electron chi connectivity index (χ1n) is 3.68. The number of rotatable bonds is 0. The van der Waals surface area contributed by atoms with Gasteiger partial charge in [-0.25, -0.2) is 4.98 Å². The third-order valence-electron chi connectivity index (χ3n) is 1.79. The van der Waals surface area contributed by atoms with E-state index in [0.29, 0.717) is 0 Å². The lowest BCUT2D eigenvalue weighted by atomic mass is 10.2. The maximum absolute atomic E-state index is 4.33. The van der Waals surface area contributed by atoms with Gasteiger partial charge in [0.25, 0.3) is 0 Å². The number of benzene rings is 1. The second-order valence-corrected chi connectivity index (χ2v) is 3.79. The van der Waals surface area contributed by atoms with E-state index < -0.39 is 0 Å². The molecule has 1 aromatic carbocycles. The third-order valence-corrected chi connectivity index (χ3v) is 2.53. The van der Waals surface area contributed by atoms with Crippen LogP contribution in [0.1, 0.15) is 0 Å². The number of pyridine rings is 1. The fraction of sp³-hybridized carbons (Fsp3) is 0. The lowest BCUT2D eigenvalue weighted by molar-refractivity contribution is 1.50. The standard InChI is InChI=1S/C9H9NP2/c11-8-5-6-3-1-2-4-7(6)9(12)10-8/h1-5H,11-12H2. The van der Waals surface area contributed by atoms with Crippen LogP contribution < -0.4 is 10.9 Å². The van der Waals surface area contributed by atoms with Crippen LogP contribution in [-0.2, 0) is 0 Å². The first-order chi connectivity index (χ1) is 5.77. The van der Waals surface area contributed by atoms with Crippen molar-refractivity contribution in [2.45, 2.75) is 0 Å². The van der Waals surface area contributed by atoms with E-state index in [-0.39, 0.29) is 0 Å². The van der Waals surface area contributed by atoms with Gasteiger partial charge in [0.15, 0.2) is 0 Å². The monoisotopic (exact) mass is 193 g/mol. The normalized spacial score (nSPS) is 10.5. The highest BCUT2D eigenvalue weighted by Crippen LogP contribution is 2.10. The molecule has 1 nitrogen and oxygen atoms in total. The molecule has 0 N–H and O–H groups in total. The van der Waals surface area contributed by atoms with Crippen molar-refractivity contribution < 1.29 is 0 Å². The van der Waals surface area contributed by atoms with Gasteiger partial charge in [0.1, 0.15) is 0 Å². The Bertz CT molecular complexity index is 426. The smallest absolute Gasteiger partial charge is 0.0654 e. The van der Waals surface area contributed by atoms with Crippen LogP contribution in [0, 0.1) is 0 Å². The molecule has 0 aliphatic carbocycles. The molecule has 0 bridgehead atoms. The average molecular weight is 193 g/mol. The molecule has 0 saturated carbocycles. The van der Waals surface area contributed by atoms with E-state index in [1.54, 1.807) is 0 Å². The van der Waals surface area contributed by atoms with Crippen molar-refractivity contribution in [3.8, 4) is 0 Å². The first kappa shape index (κ1) is 8.10. The Morgan fingerprint density at radius 3 is 2.67 bits per heavy atom. The summed E-state index contributed by atoms with van der Waals surface area (Å²) in [6, 6.07) is 10.3. The van der Waals surface area contributed by atoms with Crippen molar-refractivity contribution in [1.29, 1.82) is 0 Å². The molecule has 3 heteroatoms. The number of hydrogen-bond donors (Lipinski definition) is 0. The van der Waals surface area contributed by atoms with E-state index >= 15 is 0 Å². The van der Waals surface area contributed by atoms with Crippen molar-refractivity contribution in [2.75, 3.05) is 0 Å². The Kier molecular flexibility index (Phi) is 2.09. The molecule has 60 valence electrons. The van der Waals surface area contributed by atoms with E-state index in [1.165, 1.54) is 10.8 Å². The predicted octanol–water partition coefficient (Wildman–Crippen LogP) is 1.24. The van der Waals surface area contributed by atoms with Gasteiger partial charge < -0.3 is 0 Å². The molecule has 0 aliphatic rings. The van der Waals surface area contributed by atoms with E-state index in [4.69, 9.17) is 0 Å². The lowest BCUT2D eigenvalue weighted by Gasteiger charge is -2.01. The maximum atomic E-state index is 4.33. The van der Waals surface area contributed by atoms with E-state index in [1.807, 2.05) is 12.1 Å². The Morgan fingerprint density at radius 2 is 1.83 bits per heavy atom. The highest BCUT2D eigenvalue weighted by molar-refractivity contribution is 7.29. The van der Waals surface area contributed by atoms with Gasteiger partial charge in [-0.15, -0.1) is 0 Å².